The van der Waals surface area contributed by atoms with Crippen molar-refractivity contribution in [2.45, 2.75) is 39.0 Å². The van der Waals surface area contributed by atoms with E-state index in [1.165, 1.54) is 38.9 Å². The molecule has 4 aromatic carbocycles. The van der Waals surface area contributed by atoms with Gasteiger partial charge in [0, 0.05) is 11.1 Å². The highest BCUT2D eigenvalue weighted by atomic mass is 14.5. The molecule has 4 rings (SSSR count). The summed E-state index contributed by atoms with van der Waals surface area (Å²) in [6.45, 7) is 6.74. The molecule has 0 spiro atoms. The third-order valence-electron chi connectivity index (χ3n) is 6.27. The fourth-order valence-corrected chi connectivity index (χ4v) is 4.06. The number of anilines is 1. The smallest absolute Gasteiger partial charge is 0.0314 e. The number of benzene rings is 4. The van der Waals surface area contributed by atoms with Crippen molar-refractivity contribution in [1.82, 2.24) is 0 Å². The second kappa shape index (κ2) is 8.81. The SMILES string of the molecule is Cc1ccc(Cc2ccc(C(C)(C)c3ccc(Cc4ccc(N)cc4)cc3)cc2)cc1. The predicted octanol–water partition coefficient (Wildman–Crippen LogP) is 7.08. The third kappa shape index (κ3) is 5.06. The van der Waals surface area contributed by atoms with Gasteiger partial charge >= 0.3 is 0 Å². The van der Waals surface area contributed by atoms with Crippen molar-refractivity contribution in [2.24, 2.45) is 0 Å². The number of aryl methyl sites for hydroxylation is 1. The Morgan fingerprint density at radius 2 is 0.839 bits per heavy atom. The van der Waals surface area contributed by atoms with E-state index in [-0.39, 0.29) is 5.41 Å². The number of rotatable bonds is 6. The van der Waals surface area contributed by atoms with Crippen molar-refractivity contribution in [1.29, 1.82) is 0 Å². The van der Waals surface area contributed by atoms with E-state index in [1.807, 2.05) is 12.1 Å². The Morgan fingerprint density at radius 1 is 0.516 bits per heavy atom. The maximum atomic E-state index is 5.80. The molecule has 0 aliphatic carbocycles. The average molecular weight is 406 g/mol. The van der Waals surface area contributed by atoms with E-state index in [9.17, 15) is 0 Å². The summed E-state index contributed by atoms with van der Waals surface area (Å²) in [5.74, 6) is 0. The third-order valence-corrected chi connectivity index (χ3v) is 6.27. The molecule has 156 valence electrons. The van der Waals surface area contributed by atoms with Crippen LogP contribution in [0, 0.1) is 6.92 Å². The van der Waals surface area contributed by atoms with Gasteiger partial charge in [0.25, 0.3) is 0 Å². The summed E-state index contributed by atoms with van der Waals surface area (Å²) in [5, 5.41) is 0. The monoisotopic (exact) mass is 405 g/mol. The molecule has 0 aromatic heterocycles. The van der Waals surface area contributed by atoms with Crippen molar-refractivity contribution in [3.8, 4) is 0 Å². The van der Waals surface area contributed by atoms with Crippen LogP contribution in [0.2, 0.25) is 0 Å². The Bertz CT molecular complexity index is 1020. The minimum Gasteiger partial charge on any atom is -0.399 e. The second-order valence-electron chi connectivity index (χ2n) is 9.10. The van der Waals surface area contributed by atoms with Crippen LogP contribution >= 0.6 is 0 Å². The van der Waals surface area contributed by atoms with Crippen LogP contribution in [-0.4, -0.2) is 0 Å². The molecule has 0 saturated carbocycles. The molecule has 1 nitrogen and oxygen atoms in total. The minimum atomic E-state index is -0.0396. The summed E-state index contributed by atoms with van der Waals surface area (Å²) in [6.07, 6.45) is 1.90. The normalized spacial score (nSPS) is 11.5. The first-order valence-corrected chi connectivity index (χ1v) is 11.0. The summed E-state index contributed by atoms with van der Waals surface area (Å²) in [6, 6.07) is 35.1. The van der Waals surface area contributed by atoms with Gasteiger partial charge in [0.05, 0.1) is 0 Å². The van der Waals surface area contributed by atoms with Crippen molar-refractivity contribution in [2.75, 3.05) is 5.73 Å². The van der Waals surface area contributed by atoms with Crippen molar-refractivity contribution in [3.05, 3.63) is 136 Å². The number of hydrogen-bond acceptors (Lipinski definition) is 1. The van der Waals surface area contributed by atoms with Crippen LogP contribution in [0.4, 0.5) is 5.69 Å². The zero-order valence-corrected chi connectivity index (χ0v) is 18.7. The summed E-state index contributed by atoms with van der Waals surface area (Å²) in [5.41, 5.74) is 15.9. The van der Waals surface area contributed by atoms with E-state index in [0.29, 0.717) is 0 Å². The number of nitrogens with two attached hydrogens (primary N) is 1. The molecule has 4 aromatic rings. The quantitative estimate of drug-likeness (QED) is 0.341. The van der Waals surface area contributed by atoms with Gasteiger partial charge in [-0.15, -0.1) is 0 Å². The topological polar surface area (TPSA) is 26.0 Å². The highest BCUT2D eigenvalue weighted by molar-refractivity contribution is 5.43. The van der Waals surface area contributed by atoms with Gasteiger partial charge in [-0.1, -0.05) is 104 Å². The van der Waals surface area contributed by atoms with Gasteiger partial charge in [-0.25, -0.2) is 0 Å². The average Bonchev–Trinajstić information content (AvgIpc) is 2.78. The Hall–Kier alpha value is -3.32. The molecular formula is C30H31N. The molecule has 0 bridgehead atoms. The van der Waals surface area contributed by atoms with Crippen LogP contribution in [0.3, 0.4) is 0 Å². The Balaban J connectivity index is 1.46. The molecular weight excluding hydrogens is 374 g/mol. The van der Waals surface area contributed by atoms with Crippen LogP contribution < -0.4 is 5.73 Å². The molecule has 31 heavy (non-hydrogen) atoms. The standard InChI is InChI=1S/C30H31N/c1-22-4-6-23(7-5-22)20-24-8-14-27(15-9-24)30(2,3)28-16-10-25(11-17-28)21-26-12-18-29(31)19-13-26/h4-19H,20-21,31H2,1-3H3. The minimum absolute atomic E-state index is 0.0396. The van der Waals surface area contributed by atoms with Crippen LogP contribution in [0.1, 0.15) is 52.8 Å². The lowest BCUT2D eigenvalue weighted by Crippen LogP contribution is -2.18. The second-order valence-corrected chi connectivity index (χ2v) is 9.10. The van der Waals surface area contributed by atoms with Crippen LogP contribution in [0.15, 0.2) is 97.1 Å². The van der Waals surface area contributed by atoms with Gasteiger partial charge in [0.15, 0.2) is 0 Å². The van der Waals surface area contributed by atoms with Gasteiger partial charge < -0.3 is 5.73 Å². The molecule has 1 heteroatoms. The molecule has 0 aliphatic heterocycles. The first-order chi connectivity index (χ1) is 14.9. The van der Waals surface area contributed by atoms with Crippen molar-refractivity contribution in [3.63, 3.8) is 0 Å². The summed E-state index contributed by atoms with van der Waals surface area (Å²) >= 11 is 0. The molecule has 2 N–H and O–H groups in total. The molecule has 0 amide bonds. The van der Waals surface area contributed by atoms with E-state index < -0.39 is 0 Å². The van der Waals surface area contributed by atoms with Crippen molar-refractivity contribution >= 4 is 5.69 Å². The lowest BCUT2D eigenvalue weighted by atomic mass is 9.77. The van der Waals surface area contributed by atoms with Crippen LogP contribution in [-0.2, 0) is 18.3 Å². The summed E-state index contributed by atoms with van der Waals surface area (Å²) in [7, 11) is 0. The van der Waals surface area contributed by atoms with Gasteiger partial charge in [-0.3, -0.25) is 0 Å². The molecule has 0 radical (unpaired) electrons. The van der Waals surface area contributed by atoms with E-state index in [1.54, 1.807) is 0 Å². The molecule has 0 atom stereocenters. The molecule has 0 fully saturated rings. The molecule has 0 heterocycles. The Labute approximate surface area is 186 Å². The van der Waals surface area contributed by atoms with E-state index in [0.717, 1.165) is 18.5 Å². The maximum Gasteiger partial charge on any atom is 0.0314 e. The van der Waals surface area contributed by atoms with Gasteiger partial charge in [-0.2, -0.15) is 0 Å². The summed E-state index contributed by atoms with van der Waals surface area (Å²) < 4.78 is 0. The largest absolute Gasteiger partial charge is 0.399 e. The van der Waals surface area contributed by atoms with E-state index in [4.69, 9.17) is 5.73 Å². The van der Waals surface area contributed by atoms with Gasteiger partial charge in [0.2, 0.25) is 0 Å². The fourth-order valence-electron chi connectivity index (χ4n) is 4.06. The molecule has 0 aliphatic rings. The first-order valence-electron chi connectivity index (χ1n) is 11.0. The Kier molecular flexibility index (Phi) is 5.95. The number of hydrogen-bond donors (Lipinski definition) is 1. The van der Waals surface area contributed by atoms with Crippen LogP contribution in [0.5, 0.6) is 0 Å². The Morgan fingerprint density at radius 3 is 1.23 bits per heavy atom. The van der Waals surface area contributed by atoms with Crippen LogP contribution in [0.25, 0.3) is 0 Å². The van der Waals surface area contributed by atoms with E-state index in [2.05, 4.69) is 106 Å². The van der Waals surface area contributed by atoms with Crippen molar-refractivity contribution < 1.29 is 0 Å². The molecule has 0 saturated heterocycles. The zero-order chi connectivity index (χ0) is 21.8. The fraction of sp³-hybridized carbons (Fsp3) is 0.200. The van der Waals surface area contributed by atoms with Gasteiger partial charge in [-0.05, 0) is 65.3 Å². The number of nitrogen functional groups attached to an aromatic ring is 1. The lowest BCUT2D eigenvalue weighted by Gasteiger charge is -2.26. The lowest BCUT2D eigenvalue weighted by molar-refractivity contribution is 0.640. The highest BCUT2D eigenvalue weighted by Crippen LogP contribution is 2.32. The van der Waals surface area contributed by atoms with E-state index >= 15 is 0 Å². The predicted molar refractivity (Wildman–Crippen MR) is 133 cm³/mol. The molecule has 0 unspecified atom stereocenters. The zero-order valence-electron chi connectivity index (χ0n) is 18.7. The maximum absolute atomic E-state index is 5.80. The first kappa shape index (κ1) is 20.9. The summed E-state index contributed by atoms with van der Waals surface area (Å²) in [4.78, 5) is 0. The highest BCUT2D eigenvalue weighted by Gasteiger charge is 2.22. The van der Waals surface area contributed by atoms with Gasteiger partial charge in [0.1, 0.15) is 0 Å².